The summed E-state index contributed by atoms with van der Waals surface area (Å²) in [5.41, 5.74) is 2.36. The van der Waals surface area contributed by atoms with Gasteiger partial charge in [0.1, 0.15) is 12.4 Å². The van der Waals surface area contributed by atoms with E-state index < -0.39 is 0 Å². The van der Waals surface area contributed by atoms with Gasteiger partial charge in [-0.2, -0.15) is 5.10 Å². The van der Waals surface area contributed by atoms with Crippen molar-refractivity contribution in [2.24, 2.45) is 0 Å². The summed E-state index contributed by atoms with van der Waals surface area (Å²) in [7, 11) is 0. The molecular weight excluding hydrogens is 335 g/mol. The first-order valence-corrected chi connectivity index (χ1v) is 8.36. The van der Waals surface area contributed by atoms with Crippen LogP contribution in [0.3, 0.4) is 0 Å². The SMILES string of the molecule is CCc1nc(-c2nn(Cc3ccccc3F)c3ncccc23)oc1CO. The molecule has 132 valence electrons. The lowest BCUT2D eigenvalue weighted by atomic mass is 10.2. The highest BCUT2D eigenvalue weighted by Crippen LogP contribution is 2.28. The maximum Gasteiger partial charge on any atom is 0.248 e. The second-order valence-corrected chi connectivity index (χ2v) is 5.87. The number of fused-ring (bicyclic) bond motifs is 1. The molecule has 0 saturated carbocycles. The smallest absolute Gasteiger partial charge is 0.248 e. The molecule has 3 aromatic heterocycles. The molecule has 0 fully saturated rings. The summed E-state index contributed by atoms with van der Waals surface area (Å²) in [5.74, 6) is 0.472. The molecule has 0 unspecified atom stereocenters. The van der Waals surface area contributed by atoms with Gasteiger partial charge in [-0.05, 0) is 24.6 Å². The summed E-state index contributed by atoms with van der Waals surface area (Å²) in [6.07, 6.45) is 2.31. The minimum atomic E-state index is -0.291. The molecule has 4 rings (SSSR count). The van der Waals surface area contributed by atoms with Gasteiger partial charge in [-0.1, -0.05) is 25.1 Å². The number of rotatable bonds is 5. The van der Waals surface area contributed by atoms with E-state index >= 15 is 0 Å². The molecule has 1 N–H and O–H groups in total. The van der Waals surface area contributed by atoms with Gasteiger partial charge >= 0.3 is 0 Å². The first-order valence-electron chi connectivity index (χ1n) is 8.36. The predicted octanol–water partition coefficient (Wildman–Crippen LogP) is 3.33. The summed E-state index contributed by atoms with van der Waals surface area (Å²) in [6, 6.07) is 10.3. The lowest BCUT2D eigenvalue weighted by Gasteiger charge is -2.04. The third kappa shape index (κ3) is 2.76. The van der Waals surface area contributed by atoms with E-state index in [4.69, 9.17) is 4.42 Å². The fourth-order valence-electron chi connectivity index (χ4n) is 2.95. The van der Waals surface area contributed by atoms with E-state index in [1.54, 1.807) is 35.1 Å². The molecule has 4 aromatic rings. The average Bonchev–Trinajstić information content (AvgIpc) is 3.25. The van der Waals surface area contributed by atoms with Gasteiger partial charge in [-0.15, -0.1) is 0 Å². The van der Waals surface area contributed by atoms with E-state index in [1.807, 2.05) is 13.0 Å². The van der Waals surface area contributed by atoms with Crippen molar-refractivity contribution in [3.63, 3.8) is 0 Å². The minimum Gasteiger partial charge on any atom is -0.437 e. The van der Waals surface area contributed by atoms with Crippen LogP contribution < -0.4 is 0 Å². The number of hydrogen-bond donors (Lipinski definition) is 1. The van der Waals surface area contributed by atoms with Crippen LogP contribution in [0.2, 0.25) is 0 Å². The zero-order valence-corrected chi connectivity index (χ0v) is 14.2. The highest BCUT2D eigenvalue weighted by Gasteiger charge is 2.20. The van der Waals surface area contributed by atoms with Crippen LogP contribution in [-0.2, 0) is 19.6 Å². The lowest BCUT2D eigenvalue weighted by Crippen LogP contribution is -2.04. The van der Waals surface area contributed by atoms with Gasteiger partial charge in [-0.3, -0.25) is 0 Å². The number of halogens is 1. The number of aryl methyl sites for hydroxylation is 1. The highest BCUT2D eigenvalue weighted by atomic mass is 19.1. The Labute approximate surface area is 148 Å². The molecule has 6 nitrogen and oxygen atoms in total. The standard InChI is InChI=1S/C19H17FN4O2/c1-2-15-16(11-25)26-19(22-15)17-13-7-5-9-21-18(13)24(23-17)10-12-6-3-4-8-14(12)20/h3-9,25H,2,10-11H2,1H3. The molecule has 0 aliphatic heterocycles. The first kappa shape index (κ1) is 16.4. The van der Waals surface area contributed by atoms with Crippen LogP contribution in [0, 0.1) is 5.82 Å². The van der Waals surface area contributed by atoms with E-state index in [1.165, 1.54) is 6.07 Å². The largest absolute Gasteiger partial charge is 0.437 e. The number of aromatic nitrogens is 4. The summed E-state index contributed by atoms with van der Waals surface area (Å²) < 4.78 is 21.4. The van der Waals surface area contributed by atoms with Crippen molar-refractivity contribution in [1.82, 2.24) is 19.7 Å². The molecule has 7 heteroatoms. The number of hydrogen-bond acceptors (Lipinski definition) is 5. The van der Waals surface area contributed by atoms with Crippen LogP contribution >= 0.6 is 0 Å². The van der Waals surface area contributed by atoms with Gasteiger partial charge < -0.3 is 9.52 Å². The molecule has 0 aliphatic carbocycles. The van der Waals surface area contributed by atoms with E-state index in [2.05, 4.69) is 15.1 Å². The van der Waals surface area contributed by atoms with Crippen LogP contribution in [0.4, 0.5) is 4.39 Å². The monoisotopic (exact) mass is 352 g/mol. The molecule has 0 bridgehead atoms. The third-order valence-electron chi connectivity index (χ3n) is 4.24. The van der Waals surface area contributed by atoms with E-state index in [0.717, 1.165) is 5.39 Å². The summed E-state index contributed by atoms with van der Waals surface area (Å²) in [6.45, 7) is 1.97. The fraction of sp³-hybridized carbons (Fsp3) is 0.211. The molecule has 0 atom stereocenters. The number of aliphatic hydroxyl groups is 1. The first-order chi connectivity index (χ1) is 12.7. The Morgan fingerprint density at radius 2 is 2.04 bits per heavy atom. The molecule has 0 aliphatic rings. The maximum absolute atomic E-state index is 14.0. The number of aliphatic hydroxyl groups excluding tert-OH is 1. The van der Waals surface area contributed by atoms with Crippen molar-refractivity contribution in [3.8, 4) is 11.6 Å². The Bertz CT molecular complexity index is 1050. The number of benzene rings is 1. The molecule has 3 heterocycles. The minimum absolute atomic E-state index is 0.220. The molecular formula is C19H17FN4O2. The van der Waals surface area contributed by atoms with Crippen LogP contribution in [0.15, 0.2) is 47.0 Å². The van der Waals surface area contributed by atoms with Crippen molar-refractivity contribution in [2.45, 2.75) is 26.5 Å². The van der Waals surface area contributed by atoms with Crippen LogP contribution in [-0.4, -0.2) is 24.9 Å². The highest BCUT2D eigenvalue weighted by molar-refractivity contribution is 5.88. The normalized spacial score (nSPS) is 11.3. The van der Waals surface area contributed by atoms with Gasteiger partial charge in [0.2, 0.25) is 5.89 Å². The Morgan fingerprint density at radius 3 is 2.77 bits per heavy atom. The quantitative estimate of drug-likeness (QED) is 0.596. The van der Waals surface area contributed by atoms with E-state index in [-0.39, 0.29) is 19.0 Å². The molecule has 0 amide bonds. The van der Waals surface area contributed by atoms with Gasteiger partial charge in [0.05, 0.1) is 17.6 Å². The Balaban J connectivity index is 1.84. The van der Waals surface area contributed by atoms with Crippen molar-refractivity contribution >= 4 is 11.0 Å². The summed E-state index contributed by atoms with van der Waals surface area (Å²) >= 11 is 0. The topological polar surface area (TPSA) is 77.0 Å². The predicted molar refractivity (Wildman–Crippen MR) is 93.8 cm³/mol. The van der Waals surface area contributed by atoms with Gasteiger partial charge in [0.25, 0.3) is 0 Å². The molecule has 0 radical (unpaired) electrons. The van der Waals surface area contributed by atoms with E-state index in [9.17, 15) is 9.50 Å². The second kappa shape index (κ2) is 6.68. The Hall–Kier alpha value is -3.06. The molecule has 0 saturated heterocycles. The number of nitrogens with zero attached hydrogens (tertiary/aromatic N) is 4. The second-order valence-electron chi connectivity index (χ2n) is 5.87. The summed E-state index contributed by atoms with van der Waals surface area (Å²) in [5, 5.41) is 14.8. The number of oxazole rings is 1. The average molecular weight is 352 g/mol. The van der Waals surface area contributed by atoms with Crippen molar-refractivity contribution < 1.29 is 13.9 Å². The van der Waals surface area contributed by atoms with Crippen LogP contribution in [0.25, 0.3) is 22.6 Å². The molecule has 26 heavy (non-hydrogen) atoms. The maximum atomic E-state index is 14.0. The Morgan fingerprint density at radius 1 is 1.19 bits per heavy atom. The third-order valence-corrected chi connectivity index (χ3v) is 4.24. The van der Waals surface area contributed by atoms with Gasteiger partial charge in [-0.25, -0.2) is 19.0 Å². The fourth-order valence-corrected chi connectivity index (χ4v) is 2.95. The van der Waals surface area contributed by atoms with Crippen molar-refractivity contribution in [3.05, 3.63) is 65.4 Å². The van der Waals surface area contributed by atoms with Crippen molar-refractivity contribution in [2.75, 3.05) is 0 Å². The van der Waals surface area contributed by atoms with Gasteiger partial charge in [0.15, 0.2) is 17.1 Å². The zero-order valence-electron chi connectivity index (χ0n) is 14.2. The Kier molecular flexibility index (Phi) is 4.22. The zero-order chi connectivity index (χ0) is 18.1. The van der Waals surface area contributed by atoms with Crippen LogP contribution in [0.1, 0.15) is 23.9 Å². The molecule has 0 spiro atoms. The van der Waals surface area contributed by atoms with Gasteiger partial charge in [0, 0.05) is 11.8 Å². The summed E-state index contributed by atoms with van der Waals surface area (Å²) in [4.78, 5) is 8.84. The number of pyridine rings is 1. The lowest BCUT2D eigenvalue weighted by molar-refractivity contribution is 0.247. The van der Waals surface area contributed by atoms with Crippen molar-refractivity contribution in [1.29, 1.82) is 0 Å². The molecule has 1 aromatic carbocycles. The van der Waals surface area contributed by atoms with E-state index in [0.29, 0.717) is 40.7 Å². The van der Waals surface area contributed by atoms with Crippen LogP contribution in [0.5, 0.6) is 0 Å².